The van der Waals surface area contributed by atoms with E-state index in [1.165, 1.54) is 5.01 Å². The van der Waals surface area contributed by atoms with E-state index in [1.54, 1.807) is 0 Å². The summed E-state index contributed by atoms with van der Waals surface area (Å²) in [6.07, 6.45) is 2.08. The number of aliphatic hydroxyl groups excluding tert-OH is 1. The highest BCUT2D eigenvalue weighted by Gasteiger charge is 2.29. The molecule has 1 aromatic carbocycles. The highest BCUT2D eigenvalue weighted by Crippen LogP contribution is 2.14. The van der Waals surface area contributed by atoms with Gasteiger partial charge in [-0.25, -0.2) is 0 Å². The first-order valence-corrected chi connectivity index (χ1v) is 4.58. The van der Waals surface area contributed by atoms with Crippen LogP contribution in [0.25, 0.3) is 0 Å². The summed E-state index contributed by atoms with van der Waals surface area (Å²) in [5.74, 6) is 0.162. The van der Waals surface area contributed by atoms with Gasteiger partial charge >= 0.3 is 12.1 Å². The maximum atomic E-state index is 9.84. The van der Waals surface area contributed by atoms with Crippen LogP contribution in [0, 0.1) is 6.20 Å². The molecule has 1 aliphatic rings. The molecule has 86 valence electrons. The van der Waals surface area contributed by atoms with Gasteiger partial charge in [-0.3, -0.25) is 0 Å². The molecule has 0 aromatic heterocycles. The molecule has 2 rings (SSSR count). The Morgan fingerprint density at radius 1 is 1.44 bits per heavy atom. The van der Waals surface area contributed by atoms with Crippen molar-refractivity contribution in [2.24, 2.45) is 5.73 Å². The number of nitrogens with zero attached hydrogens (tertiary/aromatic N) is 1. The fraction of sp³-hybridized carbons (Fsp3) is 0.200. The number of rotatable bonds is 3. The van der Waals surface area contributed by atoms with Crippen LogP contribution in [0.2, 0.25) is 0 Å². The number of nitrogens with one attached hydrogen (secondary N) is 1. The standard InChI is InChI=1S/C10H12N3O2.ClH/c11-10-7-13(12-15-10)6-9(14)8-4-2-1-3-5-8;/h1-5,9,12,14H,6,11H2;1H/q+1;/p-1. The number of halogens is 1. The lowest BCUT2D eigenvalue weighted by Gasteiger charge is -2.10. The Kier molecular flexibility index (Phi) is 4.34. The average molecular weight is 242 g/mol. The Hall–Kier alpha value is -1.52. The topological polar surface area (TPSA) is 70.8 Å². The highest BCUT2D eigenvalue weighted by molar-refractivity contribution is 5.17. The van der Waals surface area contributed by atoms with Crippen molar-refractivity contribution in [3.63, 3.8) is 0 Å². The lowest BCUT2D eigenvalue weighted by atomic mass is 10.1. The highest BCUT2D eigenvalue weighted by atomic mass is 35.5. The van der Waals surface area contributed by atoms with E-state index >= 15 is 0 Å². The van der Waals surface area contributed by atoms with Gasteiger partial charge in [0.1, 0.15) is 12.6 Å². The second-order valence-corrected chi connectivity index (χ2v) is 3.21. The first-order chi connectivity index (χ1) is 7.25. The van der Waals surface area contributed by atoms with Gasteiger partial charge in [0.25, 0.3) is 0 Å². The summed E-state index contributed by atoms with van der Waals surface area (Å²) < 4.78 is 0. The minimum Gasteiger partial charge on any atom is -1.00 e. The second-order valence-electron chi connectivity index (χ2n) is 3.21. The van der Waals surface area contributed by atoms with Crippen molar-refractivity contribution >= 4 is 0 Å². The zero-order chi connectivity index (χ0) is 10.7. The van der Waals surface area contributed by atoms with Crippen LogP contribution in [-0.2, 0) is 4.84 Å². The molecule has 1 unspecified atom stereocenters. The molecule has 6 heteroatoms. The Balaban J connectivity index is 0.00000128. The maximum absolute atomic E-state index is 9.84. The van der Waals surface area contributed by atoms with Crippen LogP contribution in [0.15, 0.2) is 36.2 Å². The van der Waals surface area contributed by atoms with Gasteiger partial charge in [0, 0.05) is 0 Å². The Morgan fingerprint density at radius 2 is 2.12 bits per heavy atom. The molecule has 0 spiro atoms. The molecular formula is C10H12ClN3O2. The minimum atomic E-state index is -0.610. The van der Waals surface area contributed by atoms with Gasteiger partial charge in [-0.1, -0.05) is 35.3 Å². The molecular weight excluding hydrogens is 230 g/mol. The number of aliphatic hydroxyl groups is 1. The van der Waals surface area contributed by atoms with Crippen LogP contribution < -0.4 is 23.7 Å². The fourth-order valence-electron chi connectivity index (χ4n) is 1.32. The third-order valence-electron chi connectivity index (χ3n) is 2.05. The van der Waals surface area contributed by atoms with Crippen molar-refractivity contribution in [2.75, 3.05) is 6.54 Å². The molecule has 1 aliphatic heterocycles. The number of hydrogen-bond acceptors (Lipinski definition) is 5. The molecule has 1 heterocycles. The van der Waals surface area contributed by atoms with E-state index in [2.05, 4.69) is 11.8 Å². The summed E-state index contributed by atoms with van der Waals surface area (Å²) in [5, 5.41) is 11.3. The minimum absolute atomic E-state index is 0. The Labute approximate surface area is 99.8 Å². The summed E-state index contributed by atoms with van der Waals surface area (Å²) in [5.41, 5.74) is 8.68. The molecule has 16 heavy (non-hydrogen) atoms. The number of β-amino-alcohol motifs (C(OH)–C–C–N with tert-alkyl or cyclic N) is 1. The van der Waals surface area contributed by atoms with Crippen molar-refractivity contribution in [2.45, 2.75) is 6.10 Å². The van der Waals surface area contributed by atoms with Crippen molar-refractivity contribution in [1.29, 1.82) is 0 Å². The third kappa shape index (κ3) is 2.98. The molecule has 0 amide bonds. The molecule has 0 bridgehead atoms. The lowest BCUT2D eigenvalue weighted by molar-refractivity contribution is -0.00497. The molecule has 1 aromatic rings. The second kappa shape index (κ2) is 5.53. The van der Waals surface area contributed by atoms with Crippen molar-refractivity contribution in [3.8, 4) is 0 Å². The number of hydrazine groups is 1. The van der Waals surface area contributed by atoms with Gasteiger partial charge in [-0.05, 0) is 11.2 Å². The van der Waals surface area contributed by atoms with Crippen molar-refractivity contribution in [3.05, 3.63) is 48.0 Å². The van der Waals surface area contributed by atoms with E-state index in [4.69, 9.17) is 10.6 Å². The van der Waals surface area contributed by atoms with Crippen molar-refractivity contribution in [1.82, 2.24) is 10.6 Å². The molecule has 5 nitrogen and oxygen atoms in total. The smallest absolute Gasteiger partial charge is 0.495 e. The van der Waals surface area contributed by atoms with Gasteiger partial charge in [-0.2, -0.15) is 0 Å². The molecule has 0 saturated carbocycles. The predicted octanol–water partition coefficient (Wildman–Crippen LogP) is -2.96. The van der Waals surface area contributed by atoms with Gasteiger partial charge in [0.05, 0.1) is 0 Å². The zero-order valence-corrected chi connectivity index (χ0v) is 9.19. The zero-order valence-electron chi connectivity index (χ0n) is 8.43. The number of hydrogen-bond donors (Lipinski definition) is 3. The molecule has 0 saturated heterocycles. The van der Waals surface area contributed by atoms with Crippen LogP contribution in [-0.4, -0.2) is 16.7 Å². The first kappa shape index (κ1) is 12.5. The van der Waals surface area contributed by atoms with Crippen LogP contribution >= 0.6 is 0 Å². The quantitative estimate of drug-likeness (QED) is 0.494. The summed E-state index contributed by atoms with van der Waals surface area (Å²) >= 11 is 0. The summed E-state index contributed by atoms with van der Waals surface area (Å²) in [7, 11) is 0. The van der Waals surface area contributed by atoms with Crippen molar-refractivity contribution < 1.29 is 22.4 Å². The predicted molar refractivity (Wildman–Crippen MR) is 53.3 cm³/mol. The third-order valence-corrected chi connectivity index (χ3v) is 2.05. The van der Waals surface area contributed by atoms with Gasteiger partial charge in [-0.15, -0.1) is 0 Å². The SMILES string of the molecule is NC1=[C+]N(CC(O)c2ccccc2)NO1.[Cl-]. The van der Waals surface area contributed by atoms with Crippen LogP contribution in [0.5, 0.6) is 0 Å². The first-order valence-electron chi connectivity index (χ1n) is 4.58. The molecule has 0 fully saturated rings. The summed E-state index contributed by atoms with van der Waals surface area (Å²) in [6, 6.07) is 9.36. The monoisotopic (exact) mass is 241 g/mol. The maximum Gasteiger partial charge on any atom is 0.495 e. The van der Waals surface area contributed by atoms with Gasteiger partial charge in [0.15, 0.2) is 0 Å². The molecule has 0 aliphatic carbocycles. The fourth-order valence-corrected chi connectivity index (χ4v) is 1.32. The lowest BCUT2D eigenvalue weighted by Crippen LogP contribution is -3.00. The number of nitrogens with two attached hydrogens (primary N) is 1. The molecule has 4 N–H and O–H groups in total. The average Bonchev–Trinajstić information content (AvgIpc) is 2.65. The van der Waals surface area contributed by atoms with Crippen LogP contribution in [0.4, 0.5) is 0 Å². The van der Waals surface area contributed by atoms with E-state index in [-0.39, 0.29) is 18.3 Å². The van der Waals surface area contributed by atoms with Gasteiger partial charge < -0.3 is 28.1 Å². The summed E-state index contributed by atoms with van der Waals surface area (Å²) in [4.78, 5) is 4.75. The van der Waals surface area contributed by atoms with E-state index in [0.29, 0.717) is 6.54 Å². The van der Waals surface area contributed by atoms with E-state index in [1.807, 2.05) is 30.3 Å². The van der Waals surface area contributed by atoms with E-state index < -0.39 is 6.10 Å². The van der Waals surface area contributed by atoms with Gasteiger partial charge in [0.2, 0.25) is 0 Å². The van der Waals surface area contributed by atoms with E-state index in [0.717, 1.165) is 5.56 Å². The van der Waals surface area contributed by atoms with Crippen LogP contribution in [0.1, 0.15) is 11.7 Å². The Bertz CT molecular complexity index is 358. The van der Waals surface area contributed by atoms with Crippen LogP contribution in [0.3, 0.4) is 0 Å². The van der Waals surface area contributed by atoms with E-state index in [9.17, 15) is 5.11 Å². The largest absolute Gasteiger partial charge is 1.00 e. The Morgan fingerprint density at radius 3 is 2.69 bits per heavy atom. The normalized spacial score (nSPS) is 15.6. The molecule has 1 atom stereocenters. The number of benzene rings is 1. The summed E-state index contributed by atoms with van der Waals surface area (Å²) in [6.45, 7) is 0.324. The molecule has 0 radical (unpaired) electrons.